The van der Waals surface area contributed by atoms with E-state index >= 15 is 0 Å². The summed E-state index contributed by atoms with van der Waals surface area (Å²) in [4.78, 5) is 6.68. The van der Waals surface area contributed by atoms with Crippen molar-refractivity contribution < 1.29 is 17.4 Å². The van der Waals surface area contributed by atoms with Crippen LogP contribution >= 0.6 is 11.6 Å². The molecule has 0 aliphatic heterocycles. The molecule has 0 saturated carbocycles. The number of nitrogens with zero attached hydrogens (tertiary/aromatic N) is 1. The second kappa shape index (κ2) is 6.65. The summed E-state index contributed by atoms with van der Waals surface area (Å²) in [5.41, 5.74) is 1.44. The standard InChI is InChI=1S/C17H12ClF3N2OS/c1-25(24)13-8-4-11(5-9-13)15-14(10-2-6-12(18)7-3-10)22-16(23-15)17(19,20)21/h2-9H,1H3,(H,22,23). The molecule has 8 heteroatoms. The van der Waals surface area contributed by atoms with Gasteiger partial charge in [-0.15, -0.1) is 0 Å². The number of H-pyrrole nitrogens is 1. The lowest BCUT2D eigenvalue weighted by Gasteiger charge is -2.04. The molecule has 0 bridgehead atoms. The molecule has 3 nitrogen and oxygen atoms in total. The summed E-state index contributed by atoms with van der Waals surface area (Å²) < 4.78 is 50.8. The molecule has 0 amide bonds. The minimum Gasteiger partial charge on any atom is -0.334 e. The first-order chi connectivity index (χ1) is 11.8. The van der Waals surface area contributed by atoms with E-state index in [1.807, 2.05) is 0 Å². The molecule has 25 heavy (non-hydrogen) atoms. The highest BCUT2D eigenvalue weighted by Gasteiger charge is 2.36. The van der Waals surface area contributed by atoms with E-state index in [1.54, 1.807) is 48.5 Å². The van der Waals surface area contributed by atoms with Crippen LogP contribution in [-0.4, -0.2) is 20.4 Å². The minimum atomic E-state index is -4.59. The van der Waals surface area contributed by atoms with Gasteiger partial charge >= 0.3 is 6.18 Å². The first-order valence-corrected chi connectivity index (χ1v) is 9.06. The molecule has 130 valence electrons. The SMILES string of the molecule is CS(=O)c1ccc(-c2[nH]c(C(F)(F)F)nc2-c2ccc(Cl)cc2)cc1. The van der Waals surface area contributed by atoms with Crippen LogP contribution in [0.4, 0.5) is 13.2 Å². The molecular weight excluding hydrogens is 373 g/mol. The van der Waals surface area contributed by atoms with Crippen molar-refractivity contribution in [3.8, 4) is 22.5 Å². The predicted octanol–water partition coefficient (Wildman–Crippen LogP) is 5.15. The van der Waals surface area contributed by atoms with Gasteiger partial charge in [-0.05, 0) is 24.3 Å². The van der Waals surface area contributed by atoms with Crippen LogP contribution in [0.15, 0.2) is 53.4 Å². The Morgan fingerprint density at radius 3 is 2.08 bits per heavy atom. The van der Waals surface area contributed by atoms with E-state index in [0.29, 0.717) is 21.0 Å². The van der Waals surface area contributed by atoms with E-state index in [9.17, 15) is 17.4 Å². The van der Waals surface area contributed by atoms with Gasteiger partial charge in [-0.3, -0.25) is 4.21 Å². The Hall–Kier alpha value is -2.12. The number of aromatic amines is 1. The van der Waals surface area contributed by atoms with Crippen molar-refractivity contribution in [1.82, 2.24) is 9.97 Å². The molecule has 1 aromatic heterocycles. The Kier molecular flexibility index (Phi) is 4.71. The van der Waals surface area contributed by atoms with E-state index < -0.39 is 22.8 Å². The molecule has 0 radical (unpaired) electrons. The summed E-state index contributed by atoms with van der Waals surface area (Å²) in [5, 5.41) is 0.478. The average Bonchev–Trinajstić information content (AvgIpc) is 3.01. The first kappa shape index (κ1) is 17.7. The summed E-state index contributed by atoms with van der Waals surface area (Å²) in [6.45, 7) is 0. The lowest BCUT2D eigenvalue weighted by molar-refractivity contribution is -0.144. The lowest BCUT2D eigenvalue weighted by Crippen LogP contribution is -2.07. The van der Waals surface area contributed by atoms with E-state index in [1.165, 1.54) is 6.26 Å². The van der Waals surface area contributed by atoms with Gasteiger partial charge in [0.05, 0.1) is 11.4 Å². The van der Waals surface area contributed by atoms with Crippen molar-refractivity contribution >= 4 is 22.4 Å². The van der Waals surface area contributed by atoms with Gasteiger partial charge < -0.3 is 4.98 Å². The molecule has 0 spiro atoms. The molecule has 0 aliphatic carbocycles. The van der Waals surface area contributed by atoms with Crippen LogP contribution in [0.3, 0.4) is 0 Å². The third kappa shape index (κ3) is 3.77. The van der Waals surface area contributed by atoms with Crippen molar-refractivity contribution in [3.05, 3.63) is 59.4 Å². The maximum absolute atomic E-state index is 13.1. The molecule has 0 fully saturated rings. The fourth-order valence-corrected chi connectivity index (χ4v) is 2.99. The van der Waals surface area contributed by atoms with Gasteiger partial charge in [-0.2, -0.15) is 13.2 Å². The third-order valence-electron chi connectivity index (χ3n) is 3.56. The molecule has 1 atom stereocenters. The van der Waals surface area contributed by atoms with E-state index in [4.69, 9.17) is 11.6 Å². The molecule has 1 heterocycles. The largest absolute Gasteiger partial charge is 0.449 e. The number of aromatic nitrogens is 2. The van der Waals surface area contributed by atoms with Crippen LogP contribution in [0.25, 0.3) is 22.5 Å². The number of benzene rings is 2. The second-order valence-electron chi connectivity index (χ2n) is 5.29. The Bertz CT molecular complexity index is 919. The third-order valence-corrected chi connectivity index (χ3v) is 4.75. The maximum Gasteiger partial charge on any atom is 0.449 e. The summed E-state index contributed by atoms with van der Waals surface area (Å²) in [6.07, 6.45) is -3.06. The van der Waals surface area contributed by atoms with Crippen molar-refractivity contribution in [2.24, 2.45) is 0 Å². The van der Waals surface area contributed by atoms with Gasteiger partial charge in [0.15, 0.2) is 0 Å². The number of nitrogens with one attached hydrogen (secondary N) is 1. The van der Waals surface area contributed by atoms with Gasteiger partial charge in [0.2, 0.25) is 5.82 Å². The minimum absolute atomic E-state index is 0.175. The number of hydrogen-bond donors (Lipinski definition) is 1. The van der Waals surface area contributed by atoms with Crippen LogP contribution in [0.2, 0.25) is 5.02 Å². The maximum atomic E-state index is 13.1. The van der Waals surface area contributed by atoms with Crippen molar-refractivity contribution in [2.45, 2.75) is 11.1 Å². The normalized spacial score (nSPS) is 13.0. The fraction of sp³-hybridized carbons (Fsp3) is 0.118. The van der Waals surface area contributed by atoms with Crippen LogP contribution in [-0.2, 0) is 17.0 Å². The van der Waals surface area contributed by atoms with Crippen molar-refractivity contribution in [1.29, 1.82) is 0 Å². The molecule has 3 aromatic rings. The molecule has 1 N–H and O–H groups in total. The molecule has 0 saturated heterocycles. The van der Waals surface area contributed by atoms with E-state index in [-0.39, 0.29) is 11.4 Å². The zero-order chi connectivity index (χ0) is 18.2. The van der Waals surface area contributed by atoms with E-state index in [2.05, 4.69) is 9.97 Å². The Balaban J connectivity index is 2.15. The highest BCUT2D eigenvalue weighted by molar-refractivity contribution is 7.84. The molecule has 0 aliphatic rings. The molecule has 3 rings (SSSR count). The van der Waals surface area contributed by atoms with Crippen molar-refractivity contribution in [2.75, 3.05) is 6.26 Å². The number of imidazole rings is 1. The monoisotopic (exact) mass is 384 g/mol. The van der Waals surface area contributed by atoms with Gasteiger partial charge in [0, 0.05) is 38.1 Å². The van der Waals surface area contributed by atoms with Gasteiger partial charge in [0.25, 0.3) is 0 Å². The van der Waals surface area contributed by atoms with Crippen LogP contribution < -0.4 is 0 Å². The van der Waals surface area contributed by atoms with Crippen molar-refractivity contribution in [3.63, 3.8) is 0 Å². The second-order valence-corrected chi connectivity index (χ2v) is 7.11. The molecule has 2 aromatic carbocycles. The number of alkyl halides is 3. The average molecular weight is 385 g/mol. The Labute approximate surface area is 149 Å². The van der Waals surface area contributed by atoms with Crippen LogP contribution in [0.5, 0.6) is 0 Å². The zero-order valence-electron chi connectivity index (χ0n) is 12.9. The number of halogens is 4. The first-order valence-electron chi connectivity index (χ1n) is 7.12. The summed E-state index contributed by atoms with van der Waals surface area (Å²) in [6, 6.07) is 12.9. The topological polar surface area (TPSA) is 45.8 Å². The smallest absolute Gasteiger partial charge is 0.334 e. The summed E-state index contributed by atoms with van der Waals surface area (Å²) >= 11 is 5.84. The highest BCUT2D eigenvalue weighted by Crippen LogP contribution is 2.36. The highest BCUT2D eigenvalue weighted by atomic mass is 35.5. The molecular formula is C17H12ClF3N2OS. The Morgan fingerprint density at radius 2 is 1.56 bits per heavy atom. The van der Waals surface area contributed by atoms with Gasteiger partial charge in [-0.25, -0.2) is 4.98 Å². The zero-order valence-corrected chi connectivity index (χ0v) is 14.5. The Morgan fingerprint density at radius 1 is 1.00 bits per heavy atom. The van der Waals surface area contributed by atoms with Gasteiger partial charge in [-0.1, -0.05) is 35.9 Å². The quantitative estimate of drug-likeness (QED) is 0.678. The fourth-order valence-electron chi connectivity index (χ4n) is 2.35. The summed E-state index contributed by atoms with van der Waals surface area (Å²) in [5.74, 6) is -1.07. The predicted molar refractivity (Wildman–Crippen MR) is 91.8 cm³/mol. The van der Waals surface area contributed by atoms with E-state index in [0.717, 1.165) is 0 Å². The van der Waals surface area contributed by atoms with Crippen LogP contribution in [0, 0.1) is 0 Å². The summed E-state index contributed by atoms with van der Waals surface area (Å²) in [7, 11) is -1.17. The number of hydrogen-bond acceptors (Lipinski definition) is 2. The van der Waals surface area contributed by atoms with Crippen LogP contribution in [0.1, 0.15) is 5.82 Å². The lowest BCUT2D eigenvalue weighted by atomic mass is 10.1. The molecule has 1 unspecified atom stereocenters. The number of rotatable bonds is 3. The van der Waals surface area contributed by atoms with Gasteiger partial charge in [0.1, 0.15) is 0 Å².